The highest BCUT2D eigenvalue weighted by atomic mass is 31.0. The predicted molar refractivity (Wildman–Crippen MR) is 50.7 cm³/mol. The number of benzene rings is 1. The summed E-state index contributed by atoms with van der Waals surface area (Å²) in [6.07, 6.45) is 0. The Kier molecular flexibility index (Phi) is 4.64. The van der Waals surface area contributed by atoms with Crippen LogP contribution in [0.1, 0.15) is 0 Å². The van der Waals surface area contributed by atoms with E-state index < -0.39 is 0 Å². The van der Waals surface area contributed by atoms with Crippen molar-refractivity contribution in [2.75, 3.05) is 14.2 Å². The molecular formula is C8H13O2P. The largest absolute Gasteiger partial charge is 0.497 e. The van der Waals surface area contributed by atoms with Crippen LogP contribution in [0.2, 0.25) is 0 Å². The molecule has 1 rings (SSSR count). The van der Waals surface area contributed by atoms with Gasteiger partial charge >= 0.3 is 0 Å². The van der Waals surface area contributed by atoms with E-state index in [2.05, 4.69) is 0 Å². The normalized spacial score (nSPS) is 8.18. The average Bonchev–Trinajstić information content (AvgIpc) is 2.05. The Labute approximate surface area is 70.1 Å². The fraction of sp³-hybridized carbons (Fsp3) is 0.250. The highest BCUT2D eigenvalue weighted by molar-refractivity contribution is 6.92. The van der Waals surface area contributed by atoms with E-state index in [0.717, 1.165) is 11.5 Å². The second-order valence-electron chi connectivity index (χ2n) is 1.88. The Morgan fingerprint density at radius 2 is 1.45 bits per heavy atom. The van der Waals surface area contributed by atoms with Crippen LogP contribution in [-0.2, 0) is 0 Å². The first-order chi connectivity index (χ1) is 4.86. The number of hydrogen-bond acceptors (Lipinski definition) is 2. The van der Waals surface area contributed by atoms with Gasteiger partial charge in [0, 0.05) is 6.07 Å². The molecule has 0 bridgehead atoms. The van der Waals surface area contributed by atoms with Crippen molar-refractivity contribution >= 4 is 9.90 Å². The molecule has 0 heterocycles. The van der Waals surface area contributed by atoms with Gasteiger partial charge in [-0.05, 0) is 12.1 Å². The van der Waals surface area contributed by atoms with Gasteiger partial charge in [0.2, 0.25) is 0 Å². The van der Waals surface area contributed by atoms with Crippen molar-refractivity contribution in [2.45, 2.75) is 0 Å². The van der Waals surface area contributed by atoms with Gasteiger partial charge in [0.05, 0.1) is 14.2 Å². The summed E-state index contributed by atoms with van der Waals surface area (Å²) in [6.45, 7) is 0. The molecule has 1 aromatic rings. The summed E-state index contributed by atoms with van der Waals surface area (Å²) >= 11 is 0. The first-order valence-corrected chi connectivity index (χ1v) is 3.05. The van der Waals surface area contributed by atoms with Gasteiger partial charge in [0.15, 0.2) is 0 Å². The molecule has 0 fully saturated rings. The van der Waals surface area contributed by atoms with Gasteiger partial charge < -0.3 is 9.47 Å². The summed E-state index contributed by atoms with van der Waals surface area (Å²) in [5.41, 5.74) is 0. The van der Waals surface area contributed by atoms with E-state index >= 15 is 0 Å². The third kappa shape index (κ3) is 2.77. The van der Waals surface area contributed by atoms with E-state index in [4.69, 9.17) is 9.47 Å². The van der Waals surface area contributed by atoms with Crippen molar-refractivity contribution in [3.8, 4) is 11.5 Å². The van der Waals surface area contributed by atoms with Crippen molar-refractivity contribution < 1.29 is 9.47 Å². The van der Waals surface area contributed by atoms with E-state index in [1.54, 1.807) is 14.2 Å². The Bertz CT molecular complexity index is 194. The molecule has 0 aliphatic heterocycles. The van der Waals surface area contributed by atoms with Crippen LogP contribution in [0.15, 0.2) is 24.3 Å². The standard InChI is InChI=1S/C8H10O2.H3P/c1-9-7-4-3-5-8(6-7)10-2;/h3-6H,1-2H3;1H3. The van der Waals surface area contributed by atoms with Gasteiger partial charge in [-0.1, -0.05) is 6.07 Å². The van der Waals surface area contributed by atoms with E-state index in [0.29, 0.717) is 0 Å². The van der Waals surface area contributed by atoms with Gasteiger partial charge in [0.25, 0.3) is 0 Å². The van der Waals surface area contributed by atoms with Crippen LogP contribution in [0.3, 0.4) is 0 Å². The van der Waals surface area contributed by atoms with Gasteiger partial charge in [-0.25, -0.2) is 0 Å². The lowest BCUT2D eigenvalue weighted by Gasteiger charge is -2.01. The molecule has 0 amide bonds. The predicted octanol–water partition coefficient (Wildman–Crippen LogP) is 1.76. The zero-order valence-electron chi connectivity index (χ0n) is 6.83. The van der Waals surface area contributed by atoms with Crippen LogP contribution in [0, 0.1) is 0 Å². The van der Waals surface area contributed by atoms with Crippen molar-refractivity contribution in [3.63, 3.8) is 0 Å². The first kappa shape index (κ1) is 10.2. The highest BCUT2D eigenvalue weighted by Gasteiger charge is 1.91. The Morgan fingerprint density at radius 1 is 1.00 bits per heavy atom. The molecule has 0 aromatic heterocycles. The van der Waals surface area contributed by atoms with E-state index in [1.165, 1.54) is 0 Å². The van der Waals surface area contributed by atoms with Crippen LogP contribution >= 0.6 is 9.90 Å². The van der Waals surface area contributed by atoms with Gasteiger partial charge in [-0.15, -0.1) is 0 Å². The van der Waals surface area contributed by atoms with Crippen molar-refractivity contribution in [2.24, 2.45) is 0 Å². The fourth-order valence-electron chi connectivity index (χ4n) is 0.728. The monoisotopic (exact) mass is 172 g/mol. The summed E-state index contributed by atoms with van der Waals surface area (Å²) in [4.78, 5) is 0. The maximum absolute atomic E-state index is 4.98. The smallest absolute Gasteiger partial charge is 0.122 e. The summed E-state index contributed by atoms with van der Waals surface area (Å²) in [5.74, 6) is 1.64. The lowest BCUT2D eigenvalue weighted by molar-refractivity contribution is 0.394. The zero-order valence-corrected chi connectivity index (χ0v) is 8.25. The van der Waals surface area contributed by atoms with Crippen molar-refractivity contribution in [3.05, 3.63) is 24.3 Å². The summed E-state index contributed by atoms with van der Waals surface area (Å²) < 4.78 is 9.95. The molecule has 0 saturated carbocycles. The van der Waals surface area contributed by atoms with Crippen molar-refractivity contribution in [1.82, 2.24) is 0 Å². The summed E-state index contributed by atoms with van der Waals surface area (Å²) in [6, 6.07) is 7.47. The van der Waals surface area contributed by atoms with Crippen LogP contribution < -0.4 is 9.47 Å². The van der Waals surface area contributed by atoms with E-state index in [1.807, 2.05) is 24.3 Å². The second-order valence-corrected chi connectivity index (χ2v) is 1.88. The Morgan fingerprint density at radius 3 is 1.82 bits per heavy atom. The first-order valence-electron chi connectivity index (χ1n) is 3.05. The third-order valence-corrected chi connectivity index (χ3v) is 1.28. The molecule has 0 spiro atoms. The summed E-state index contributed by atoms with van der Waals surface area (Å²) in [5, 5.41) is 0. The van der Waals surface area contributed by atoms with E-state index in [-0.39, 0.29) is 9.90 Å². The lowest BCUT2D eigenvalue weighted by atomic mass is 10.3. The molecule has 0 saturated heterocycles. The third-order valence-electron chi connectivity index (χ3n) is 1.28. The minimum absolute atomic E-state index is 0. The molecule has 11 heavy (non-hydrogen) atoms. The van der Waals surface area contributed by atoms with Crippen LogP contribution in [0.25, 0.3) is 0 Å². The summed E-state index contributed by atoms with van der Waals surface area (Å²) in [7, 11) is 3.27. The minimum atomic E-state index is 0. The highest BCUT2D eigenvalue weighted by Crippen LogP contribution is 2.17. The molecule has 3 heteroatoms. The number of methoxy groups -OCH3 is 2. The second kappa shape index (κ2) is 4.97. The number of ether oxygens (including phenoxy) is 2. The van der Waals surface area contributed by atoms with Gasteiger partial charge in [-0.2, -0.15) is 9.90 Å². The number of hydrogen-bond donors (Lipinski definition) is 0. The van der Waals surface area contributed by atoms with Gasteiger partial charge in [-0.3, -0.25) is 0 Å². The van der Waals surface area contributed by atoms with Crippen LogP contribution in [-0.4, -0.2) is 14.2 Å². The average molecular weight is 172 g/mol. The molecule has 1 unspecified atom stereocenters. The topological polar surface area (TPSA) is 18.5 Å². The molecule has 1 aromatic carbocycles. The molecule has 0 aliphatic carbocycles. The van der Waals surface area contributed by atoms with E-state index in [9.17, 15) is 0 Å². The zero-order chi connectivity index (χ0) is 7.40. The minimum Gasteiger partial charge on any atom is -0.497 e. The Hall–Kier alpha value is -0.750. The molecule has 0 N–H and O–H groups in total. The maximum atomic E-state index is 4.98. The molecular weight excluding hydrogens is 159 g/mol. The lowest BCUT2D eigenvalue weighted by Crippen LogP contribution is -1.84. The SMILES string of the molecule is COc1cccc(OC)c1.P. The molecule has 0 aliphatic rings. The van der Waals surface area contributed by atoms with Crippen LogP contribution in [0.4, 0.5) is 0 Å². The van der Waals surface area contributed by atoms with Gasteiger partial charge in [0.1, 0.15) is 11.5 Å². The maximum Gasteiger partial charge on any atom is 0.122 e. The molecule has 0 radical (unpaired) electrons. The Balaban J connectivity index is 0.000001000. The molecule has 1 atom stereocenters. The molecule has 62 valence electrons. The quantitative estimate of drug-likeness (QED) is 0.633. The van der Waals surface area contributed by atoms with Crippen LogP contribution in [0.5, 0.6) is 11.5 Å². The fourth-order valence-corrected chi connectivity index (χ4v) is 0.728. The number of rotatable bonds is 2. The molecule has 2 nitrogen and oxygen atoms in total. The van der Waals surface area contributed by atoms with Crippen molar-refractivity contribution in [1.29, 1.82) is 0 Å².